The molecular weight excluding hydrogens is 282 g/mol. The van der Waals surface area contributed by atoms with E-state index in [1.165, 1.54) is 4.52 Å². The van der Waals surface area contributed by atoms with E-state index >= 15 is 0 Å². The van der Waals surface area contributed by atoms with Crippen molar-refractivity contribution in [2.45, 2.75) is 6.42 Å². The van der Waals surface area contributed by atoms with Gasteiger partial charge in [0.15, 0.2) is 11.4 Å². The van der Waals surface area contributed by atoms with Gasteiger partial charge in [0, 0.05) is 25.7 Å². The third-order valence-corrected chi connectivity index (χ3v) is 3.73. The topological polar surface area (TPSA) is 97.5 Å². The average molecular weight is 299 g/mol. The second-order valence-electron chi connectivity index (χ2n) is 5.25. The Hall–Kier alpha value is -2.61. The Morgan fingerprint density at radius 1 is 1.23 bits per heavy atom. The lowest BCUT2D eigenvalue weighted by Gasteiger charge is -2.19. The van der Waals surface area contributed by atoms with Crippen molar-refractivity contribution in [1.82, 2.24) is 24.9 Å². The molecule has 1 aliphatic heterocycles. The van der Waals surface area contributed by atoms with Gasteiger partial charge in [-0.2, -0.15) is 19.6 Å². The minimum atomic E-state index is 0.329. The van der Waals surface area contributed by atoms with Crippen LogP contribution in [0.1, 0.15) is 6.42 Å². The highest BCUT2D eigenvalue weighted by molar-refractivity contribution is 5.61. The molecular formula is C14H17N7O. The number of nitrogen functional groups attached to an aromatic ring is 1. The SMILES string of the molecule is Nc1nc(N2CCCNCC2)nc2cc(-c3ccco3)nn12. The summed E-state index contributed by atoms with van der Waals surface area (Å²) in [6, 6.07) is 5.53. The number of fused-ring (bicyclic) bond motifs is 1. The van der Waals surface area contributed by atoms with E-state index in [-0.39, 0.29) is 0 Å². The molecule has 0 amide bonds. The Bertz CT molecular complexity index is 772. The van der Waals surface area contributed by atoms with Crippen LogP contribution in [0, 0.1) is 0 Å². The van der Waals surface area contributed by atoms with Crippen molar-refractivity contribution >= 4 is 17.5 Å². The number of aromatic nitrogens is 4. The molecule has 0 spiro atoms. The van der Waals surface area contributed by atoms with Crippen LogP contribution in [-0.4, -0.2) is 45.8 Å². The van der Waals surface area contributed by atoms with Gasteiger partial charge in [0.1, 0.15) is 5.69 Å². The zero-order chi connectivity index (χ0) is 14.9. The average Bonchev–Trinajstić information content (AvgIpc) is 3.11. The van der Waals surface area contributed by atoms with Crippen LogP contribution in [0.15, 0.2) is 28.9 Å². The fourth-order valence-electron chi connectivity index (χ4n) is 2.63. The molecule has 0 atom stereocenters. The van der Waals surface area contributed by atoms with Crippen LogP contribution in [0.2, 0.25) is 0 Å². The van der Waals surface area contributed by atoms with Gasteiger partial charge in [0.2, 0.25) is 11.9 Å². The first-order valence-corrected chi connectivity index (χ1v) is 7.34. The summed E-state index contributed by atoms with van der Waals surface area (Å²) in [7, 11) is 0. The fraction of sp³-hybridized carbons (Fsp3) is 0.357. The number of furan rings is 1. The van der Waals surface area contributed by atoms with Crippen LogP contribution < -0.4 is 16.0 Å². The molecule has 8 heteroatoms. The van der Waals surface area contributed by atoms with Gasteiger partial charge in [0.05, 0.1) is 6.26 Å². The molecule has 0 radical (unpaired) electrons. The van der Waals surface area contributed by atoms with E-state index < -0.39 is 0 Å². The van der Waals surface area contributed by atoms with Crippen molar-refractivity contribution in [3.8, 4) is 11.5 Å². The maximum Gasteiger partial charge on any atom is 0.230 e. The van der Waals surface area contributed by atoms with E-state index in [0.717, 1.165) is 32.6 Å². The normalized spacial score (nSPS) is 16.1. The number of nitrogens with one attached hydrogen (secondary N) is 1. The first-order chi connectivity index (χ1) is 10.8. The standard InChI is InChI=1S/C14H17N7O/c15-13-18-14(20-6-2-4-16-5-7-20)17-12-9-10(19-21(12)13)11-3-1-8-22-11/h1,3,8-9,16H,2,4-7H2,(H2,15,17,18). The van der Waals surface area contributed by atoms with Crippen molar-refractivity contribution in [2.24, 2.45) is 0 Å². The van der Waals surface area contributed by atoms with Crippen LogP contribution in [0.4, 0.5) is 11.9 Å². The summed E-state index contributed by atoms with van der Waals surface area (Å²) < 4.78 is 6.91. The third-order valence-electron chi connectivity index (χ3n) is 3.73. The zero-order valence-electron chi connectivity index (χ0n) is 12.1. The largest absolute Gasteiger partial charge is 0.463 e. The van der Waals surface area contributed by atoms with Gasteiger partial charge >= 0.3 is 0 Å². The molecule has 0 aliphatic carbocycles. The molecule has 0 bridgehead atoms. The van der Waals surface area contributed by atoms with Gasteiger partial charge < -0.3 is 20.4 Å². The van der Waals surface area contributed by atoms with Crippen molar-refractivity contribution in [3.63, 3.8) is 0 Å². The number of nitrogens with zero attached hydrogens (tertiary/aromatic N) is 5. The van der Waals surface area contributed by atoms with Crippen molar-refractivity contribution in [2.75, 3.05) is 36.8 Å². The summed E-state index contributed by atoms with van der Waals surface area (Å²) in [5, 5.41) is 7.76. The van der Waals surface area contributed by atoms with Crippen LogP contribution in [0.25, 0.3) is 17.1 Å². The molecule has 22 heavy (non-hydrogen) atoms. The van der Waals surface area contributed by atoms with Crippen LogP contribution in [0.3, 0.4) is 0 Å². The predicted octanol–water partition coefficient (Wildman–Crippen LogP) is 0.766. The molecule has 114 valence electrons. The van der Waals surface area contributed by atoms with E-state index in [0.29, 0.717) is 29.0 Å². The van der Waals surface area contributed by atoms with E-state index in [1.807, 2.05) is 18.2 Å². The Labute approximate surface area is 126 Å². The van der Waals surface area contributed by atoms with Gasteiger partial charge in [-0.3, -0.25) is 0 Å². The number of hydrogen-bond acceptors (Lipinski definition) is 7. The lowest BCUT2D eigenvalue weighted by atomic mass is 10.3. The molecule has 4 heterocycles. The first kappa shape index (κ1) is 13.1. The Morgan fingerprint density at radius 3 is 3.05 bits per heavy atom. The minimum absolute atomic E-state index is 0.329. The fourth-order valence-corrected chi connectivity index (χ4v) is 2.63. The molecule has 4 rings (SSSR count). The third kappa shape index (κ3) is 2.27. The molecule has 3 aromatic heterocycles. The van der Waals surface area contributed by atoms with Gasteiger partial charge in [-0.15, -0.1) is 0 Å². The minimum Gasteiger partial charge on any atom is -0.463 e. The highest BCUT2D eigenvalue weighted by Gasteiger charge is 2.16. The highest BCUT2D eigenvalue weighted by Crippen LogP contribution is 2.22. The second kappa shape index (κ2) is 5.30. The van der Waals surface area contributed by atoms with E-state index in [2.05, 4.69) is 25.3 Å². The number of rotatable bonds is 2. The Balaban J connectivity index is 1.75. The van der Waals surface area contributed by atoms with Crippen molar-refractivity contribution < 1.29 is 4.42 Å². The molecule has 3 N–H and O–H groups in total. The molecule has 0 saturated carbocycles. The summed E-state index contributed by atoms with van der Waals surface area (Å²) in [6.45, 7) is 3.73. The zero-order valence-corrected chi connectivity index (χ0v) is 12.1. The lowest BCUT2D eigenvalue weighted by Crippen LogP contribution is -2.30. The monoisotopic (exact) mass is 299 g/mol. The first-order valence-electron chi connectivity index (χ1n) is 7.34. The van der Waals surface area contributed by atoms with Gasteiger partial charge in [-0.05, 0) is 25.1 Å². The number of anilines is 2. The van der Waals surface area contributed by atoms with E-state index in [4.69, 9.17) is 10.2 Å². The Morgan fingerprint density at radius 2 is 2.18 bits per heavy atom. The summed E-state index contributed by atoms with van der Waals surface area (Å²) in [5.41, 5.74) is 7.41. The van der Waals surface area contributed by atoms with Crippen molar-refractivity contribution in [1.29, 1.82) is 0 Å². The quantitative estimate of drug-likeness (QED) is 0.721. The molecule has 1 fully saturated rings. The maximum atomic E-state index is 6.05. The summed E-state index contributed by atoms with van der Waals surface area (Å²) in [4.78, 5) is 11.1. The summed E-state index contributed by atoms with van der Waals surface area (Å²) in [5.74, 6) is 1.67. The van der Waals surface area contributed by atoms with E-state index in [9.17, 15) is 0 Å². The maximum absolute atomic E-state index is 6.05. The molecule has 1 aliphatic rings. The highest BCUT2D eigenvalue weighted by atomic mass is 16.3. The van der Waals surface area contributed by atoms with Crippen LogP contribution >= 0.6 is 0 Å². The molecule has 8 nitrogen and oxygen atoms in total. The lowest BCUT2D eigenvalue weighted by molar-refractivity contribution is 0.579. The molecule has 3 aromatic rings. The predicted molar refractivity (Wildman–Crippen MR) is 82.6 cm³/mol. The second-order valence-corrected chi connectivity index (χ2v) is 5.25. The smallest absolute Gasteiger partial charge is 0.230 e. The number of nitrogens with two attached hydrogens (primary N) is 1. The van der Waals surface area contributed by atoms with Gasteiger partial charge in [-0.1, -0.05) is 0 Å². The van der Waals surface area contributed by atoms with Crippen LogP contribution in [-0.2, 0) is 0 Å². The van der Waals surface area contributed by atoms with Crippen molar-refractivity contribution in [3.05, 3.63) is 24.5 Å². The van der Waals surface area contributed by atoms with E-state index in [1.54, 1.807) is 6.26 Å². The molecule has 0 unspecified atom stereocenters. The summed E-state index contributed by atoms with van der Waals surface area (Å²) in [6.07, 6.45) is 2.68. The number of hydrogen-bond donors (Lipinski definition) is 2. The van der Waals surface area contributed by atoms with Gasteiger partial charge in [-0.25, -0.2) is 0 Å². The molecule has 0 aromatic carbocycles. The van der Waals surface area contributed by atoms with Gasteiger partial charge in [0.25, 0.3) is 0 Å². The Kier molecular flexibility index (Phi) is 3.15. The summed E-state index contributed by atoms with van der Waals surface area (Å²) >= 11 is 0. The van der Waals surface area contributed by atoms with Crippen LogP contribution in [0.5, 0.6) is 0 Å². The molecule has 1 saturated heterocycles.